The molecule has 0 aliphatic carbocycles. The highest BCUT2D eigenvalue weighted by Gasteiger charge is 2.17. The van der Waals surface area contributed by atoms with E-state index in [1.807, 2.05) is 6.07 Å². The Kier molecular flexibility index (Phi) is 5.87. The van der Waals surface area contributed by atoms with E-state index in [-0.39, 0.29) is 18.3 Å². The molecule has 0 radical (unpaired) electrons. The van der Waals surface area contributed by atoms with Gasteiger partial charge >= 0.3 is 5.97 Å². The van der Waals surface area contributed by atoms with Crippen LogP contribution in [0.25, 0.3) is 0 Å². The predicted molar refractivity (Wildman–Crippen MR) is 88.1 cm³/mol. The Morgan fingerprint density at radius 2 is 2.12 bits per heavy atom. The molecule has 8 heteroatoms. The first-order valence-corrected chi connectivity index (χ1v) is 7.93. The van der Waals surface area contributed by atoms with Gasteiger partial charge in [0.2, 0.25) is 0 Å². The molecule has 0 saturated heterocycles. The van der Waals surface area contributed by atoms with E-state index in [9.17, 15) is 9.59 Å². The van der Waals surface area contributed by atoms with Gasteiger partial charge in [-0.15, -0.1) is 0 Å². The summed E-state index contributed by atoms with van der Waals surface area (Å²) < 4.78 is 10.3. The number of carbonyl (C=O) groups is 2. The quantitative estimate of drug-likeness (QED) is 0.807. The number of para-hydroxylation sites is 1. The fourth-order valence-corrected chi connectivity index (χ4v) is 2.70. The number of carbonyl (C=O) groups excluding carboxylic acids is 2. The standard InChI is InChI=1S/C16H15N3O4S/c1-3-22-15(21)14-10(2)18-16(24-14)19-13(20)9-23-12-7-5-4-6-11(12)8-17/h4-7H,3,9H2,1-2H3,(H,18,19,20). The number of amides is 1. The molecule has 1 heterocycles. The number of nitrogens with zero attached hydrogens (tertiary/aromatic N) is 2. The van der Waals surface area contributed by atoms with Crippen molar-refractivity contribution >= 4 is 28.3 Å². The van der Waals surface area contributed by atoms with Gasteiger partial charge < -0.3 is 9.47 Å². The summed E-state index contributed by atoms with van der Waals surface area (Å²) in [5, 5.41) is 11.8. The van der Waals surface area contributed by atoms with Crippen LogP contribution in [0.1, 0.15) is 27.9 Å². The molecule has 0 aliphatic rings. The maximum atomic E-state index is 11.9. The minimum atomic E-state index is -0.466. The summed E-state index contributed by atoms with van der Waals surface area (Å²) in [5.41, 5.74) is 0.837. The first-order chi connectivity index (χ1) is 11.5. The van der Waals surface area contributed by atoms with Gasteiger partial charge in [-0.25, -0.2) is 9.78 Å². The number of aryl methyl sites for hydroxylation is 1. The molecule has 1 amide bonds. The van der Waals surface area contributed by atoms with E-state index in [1.165, 1.54) is 0 Å². The van der Waals surface area contributed by atoms with Crippen LogP contribution in [0.4, 0.5) is 5.13 Å². The number of benzene rings is 1. The lowest BCUT2D eigenvalue weighted by molar-refractivity contribution is -0.118. The molecule has 2 aromatic rings. The third-order valence-electron chi connectivity index (χ3n) is 2.87. The molecule has 1 aromatic carbocycles. The molecule has 0 bridgehead atoms. The molecule has 0 aliphatic heterocycles. The predicted octanol–water partition coefficient (Wildman–Crippen LogP) is 2.52. The number of esters is 1. The highest BCUT2D eigenvalue weighted by molar-refractivity contribution is 7.17. The lowest BCUT2D eigenvalue weighted by atomic mass is 10.2. The van der Waals surface area contributed by atoms with E-state index in [0.717, 1.165) is 11.3 Å². The van der Waals surface area contributed by atoms with E-state index >= 15 is 0 Å². The van der Waals surface area contributed by atoms with Crippen LogP contribution in [0.15, 0.2) is 24.3 Å². The van der Waals surface area contributed by atoms with Gasteiger partial charge in [-0.05, 0) is 26.0 Å². The minimum Gasteiger partial charge on any atom is -0.482 e. The Morgan fingerprint density at radius 1 is 1.38 bits per heavy atom. The molecule has 2 rings (SSSR count). The van der Waals surface area contributed by atoms with Crippen LogP contribution in [-0.4, -0.2) is 30.1 Å². The molecule has 124 valence electrons. The van der Waals surface area contributed by atoms with Crippen molar-refractivity contribution in [2.24, 2.45) is 0 Å². The Bertz CT molecular complexity index is 795. The van der Waals surface area contributed by atoms with E-state index in [1.54, 1.807) is 38.1 Å². The molecule has 24 heavy (non-hydrogen) atoms. The van der Waals surface area contributed by atoms with Gasteiger partial charge in [-0.3, -0.25) is 10.1 Å². The number of ether oxygens (including phenoxy) is 2. The Hall–Kier alpha value is -2.92. The zero-order valence-electron chi connectivity index (χ0n) is 13.2. The van der Waals surface area contributed by atoms with Crippen LogP contribution in [-0.2, 0) is 9.53 Å². The summed E-state index contributed by atoms with van der Waals surface area (Å²) in [5.74, 6) is -0.572. The summed E-state index contributed by atoms with van der Waals surface area (Å²) in [6, 6.07) is 8.62. The first kappa shape index (κ1) is 17.4. The third-order valence-corrected chi connectivity index (χ3v) is 3.92. The van der Waals surface area contributed by atoms with Gasteiger partial charge in [0.15, 0.2) is 11.7 Å². The zero-order valence-corrected chi connectivity index (χ0v) is 14.0. The number of hydrogen-bond acceptors (Lipinski definition) is 7. The molecule has 1 aromatic heterocycles. The van der Waals surface area contributed by atoms with Crippen molar-refractivity contribution in [1.29, 1.82) is 5.26 Å². The molecule has 0 unspecified atom stereocenters. The van der Waals surface area contributed by atoms with Crippen LogP contribution < -0.4 is 10.1 Å². The first-order valence-electron chi connectivity index (χ1n) is 7.11. The fraction of sp³-hybridized carbons (Fsp3) is 0.250. The molecule has 7 nitrogen and oxygen atoms in total. The fourth-order valence-electron chi connectivity index (χ4n) is 1.82. The Morgan fingerprint density at radius 3 is 2.83 bits per heavy atom. The molecule has 0 atom stereocenters. The average Bonchev–Trinajstić information content (AvgIpc) is 2.93. The van der Waals surface area contributed by atoms with Crippen molar-refractivity contribution in [2.45, 2.75) is 13.8 Å². The molecule has 0 spiro atoms. The molecular weight excluding hydrogens is 330 g/mol. The number of aromatic nitrogens is 1. The summed E-state index contributed by atoms with van der Waals surface area (Å²) in [7, 11) is 0. The number of thiazole rings is 1. The number of hydrogen-bond donors (Lipinski definition) is 1. The largest absolute Gasteiger partial charge is 0.482 e. The van der Waals surface area contributed by atoms with Crippen molar-refractivity contribution in [3.05, 3.63) is 40.4 Å². The second kappa shape index (κ2) is 8.08. The van der Waals surface area contributed by atoms with Crippen molar-refractivity contribution in [1.82, 2.24) is 4.98 Å². The average molecular weight is 345 g/mol. The number of nitrogens with one attached hydrogen (secondary N) is 1. The van der Waals surface area contributed by atoms with E-state index < -0.39 is 11.9 Å². The van der Waals surface area contributed by atoms with Crippen molar-refractivity contribution in [2.75, 3.05) is 18.5 Å². The van der Waals surface area contributed by atoms with Gasteiger partial charge in [0.1, 0.15) is 16.7 Å². The smallest absolute Gasteiger partial charge is 0.350 e. The molecular formula is C16H15N3O4S. The summed E-state index contributed by atoms with van der Waals surface area (Å²) in [4.78, 5) is 28.1. The van der Waals surface area contributed by atoms with Gasteiger partial charge in [0.05, 0.1) is 17.9 Å². The van der Waals surface area contributed by atoms with Crippen molar-refractivity contribution < 1.29 is 19.1 Å². The van der Waals surface area contributed by atoms with E-state index in [4.69, 9.17) is 14.7 Å². The second-order valence-corrected chi connectivity index (χ2v) is 5.60. The normalized spacial score (nSPS) is 9.88. The Labute approximate surface area is 142 Å². The third kappa shape index (κ3) is 4.30. The van der Waals surface area contributed by atoms with E-state index in [0.29, 0.717) is 21.9 Å². The van der Waals surface area contributed by atoms with Crippen LogP contribution in [0.3, 0.4) is 0 Å². The lowest BCUT2D eigenvalue weighted by Crippen LogP contribution is -2.20. The highest BCUT2D eigenvalue weighted by Crippen LogP contribution is 2.23. The monoisotopic (exact) mass is 345 g/mol. The molecule has 1 N–H and O–H groups in total. The topological polar surface area (TPSA) is 101 Å². The number of anilines is 1. The summed E-state index contributed by atoms with van der Waals surface area (Å²) >= 11 is 1.04. The van der Waals surface area contributed by atoms with Gasteiger partial charge in [0, 0.05) is 0 Å². The Balaban J connectivity index is 1.97. The van der Waals surface area contributed by atoms with Gasteiger partial charge in [-0.2, -0.15) is 5.26 Å². The van der Waals surface area contributed by atoms with Gasteiger partial charge in [-0.1, -0.05) is 23.5 Å². The molecule has 0 saturated carbocycles. The summed E-state index contributed by atoms with van der Waals surface area (Å²) in [6.45, 7) is 3.38. The highest BCUT2D eigenvalue weighted by atomic mass is 32.1. The van der Waals surface area contributed by atoms with Crippen molar-refractivity contribution in [3.63, 3.8) is 0 Å². The van der Waals surface area contributed by atoms with Gasteiger partial charge in [0.25, 0.3) is 5.91 Å². The second-order valence-electron chi connectivity index (χ2n) is 4.60. The van der Waals surface area contributed by atoms with Crippen LogP contribution in [0.2, 0.25) is 0 Å². The molecule has 0 fully saturated rings. The maximum absolute atomic E-state index is 11.9. The zero-order chi connectivity index (χ0) is 17.5. The summed E-state index contributed by atoms with van der Waals surface area (Å²) in [6.07, 6.45) is 0. The number of nitriles is 1. The van der Waals surface area contributed by atoms with E-state index in [2.05, 4.69) is 10.3 Å². The van der Waals surface area contributed by atoms with Crippen molar-refractivity contribution in [3.8, 4) is 11.8 Å². The van der Waals surface area contributed by atoms with Crippen LogP contribution >= 0.6 is 11.3 Å². The maximum Gasteiger partial charge on any atom is 0.350 e. The number of rotatable bonds is 6. The minimum absolute atomic E-state index is 0.268. The van der Waals surface area contributed by atoms with Crippen LogP contribution in [0.5, 0.6) is 5.75 Å². The lowest BCUT2D eigenvalue weighted by Gasteiger charge is -2.06. The van der Waals surface area contributed by atoms with Crippen LogP contribution in [0, 0.1) is 18.3 Å². The SMILES string of the molecule is CCOC(=O)c1sc(NC(=O)COc2ccccc2C#N)nc1C.